The van der Waals surface area contributed by atoms with Crippen LogP contribution < -0.4 is 16.2 Å². The van der Waals surface area contributed by atoms with Crippen LogP contribution in [-0.4, -0.2) is 21.2 Å². The lowest BCUT2D eigenvalue weighted by Crippen LogP contribution is -2.20. The Labute approximate surface area is 196 Å². The van der Waals surface area contributed by atoms with Gasteiger partial charge in [-0.25, -0.2) is 18.7 Å². The third-order valence-corrected chi connectivity index (χ3v) is 5.03. The summed E-state index contributed by atoms with van der Waals surface area (Å²) in [7, 11) is 0. The van der Waals surface area contributed by atoms with Crippen molar-refractivity contribution in [3.8, 4) is 0 Å². The van der Waals surface area contributed by atoms with Gasteiger partial charge >= 0.3 is 6.03 Å². The van der Waals surface area contributed by atoms with Crippen molar-refractivity contribution in [2.24, 2.45) is 0 Å². The van der Waals surface area contributed by atoms with E-state index in [9.17, 15) is 28.5 Å². The van der Waals surface area contributed by atoms with E-state index in [1.807, 2.05) is 0 Å². The topological polar surface area (TPSA) is 130 Å². The minimum Gasteiger partial charge on any atom is -0.308 e. The number of carbonyl (C=O) groups is 1. The van der Waals surface area contributed by atoms with Gasteiger partial charge in [-0.3, -0.25) is 14.9 Å². The van der Waals surface area contributed by atoms with Crippen molar-refractivity contribution < 1.29 is 18.5 Å². The van der Waals surface area contributed by atoms with Crippen molar-refractivity contribution in [1.82, 2.24) is 10.2 Å². The van der Waals surface area contributed by atoms with Crippen molar-refractivity contribution in [3.63, 3.8) is 0 Å². The summed E-state index contributed by atoms with van der Waals surface area (Å²) in [5.41, 5.74) is 0.949. The Morgan fingerprint density at radius 2 is 1.80 bits per heavy atom. The summed E-state index contributed by atoms with van der Waals surface area (Å²) in [4.78, 5) is 34.8. The maximum absolute atomic E-state index is 13.7. The van der Waals surface area contributed by atoms with Gasteiger partial charge in [-0.1, -0.05) is 18.2 Å². The van der Waals surface area contributed by atoms with Gasteiger partial charge in [0.25, 0.3) is 11.2 Å². The summed E-state index contributed by atoms with van der Waals surface area (Å²) < 4.78 is 26.8. The van der Waals surface area contributed by atoms with Gasteiger partial charge in [0.05, 0.1) is 21.7 Å². The number of urea groups is 1. The first-order valence-corrected chi connectivity index (χ1v) is 10.3. The molecule has 0 saturated heterocycles. The molecule has 176 valence electrons. The van der Waals surface area contributed by atoms with Gasteiger partial charge < -0.3 is 10.6 Å². The number of nitro groups is 1. The van der Waals surface area contributed by atoms with Gasteiger partial charge in [-0.05, 0) is 42.0 Å². The molecule has 2 amide bonds. The minimum atomic E-state index is -0.924. The number of hydrogen-bond acceptors (Lipinski definition) is 5. The number of fused-ring (bicyclic) bond motifs is 1. The summed E-state index contributed by atoms with van der Waals surface area (Å²) in [5.74, 6) is -1.69. The van der Waals surface area contributed by atoms with Gasteiger partial charge in [0.2, 0.25) is 0 Å². The largest absolute Gasteiger partial charge is 0.323 e. The standard InChI is InChI=1S/C24H17F2N5O4/c25-15-6-11-22(20(26)12-15)28-24(33)27-16-7-10-18-19(13-16)23(32)30-29-21(18)3-1-2-14-4-8-17(9-5-14)31(34)35/h1-2,4-13H,3H2,(H,30,32)(H2,27,28,33). The summed E-state index contributed by atoms with van der Waals surface area (Å²) in [6.07, 6.45) is 3.94. The molecule has 0 unspecified atom stereocenters. The zero-order chi connectivity index (χ0) is 24.9. The fourth-order valence-electron chi connectivity index (χ4n) is 3.35. The number of aromatic nitrogens is 2. The molecule has 1 aromatic heterocycles. The van der Waals surface area contributed by atoms with Gasteiger partial charge in [-0.2, -0.15) is 5.10 Å². The van der Waals surface area contributed by atoms with Gasteiger partial charge in [-0.15, -0.1) is 0 Å². The number of rotatable bonds is 6. The van der Waals surface area contributed by atoms with E-state index in [-0.39, 0.29) is 22.4 Å². The zero-order valence-corrected chi connectivity index (χ0v) is 17.9. The number of allylic oxidation sites excluding steroid dienone is 1. The monoisotopic (exact) mass is 477 g/mol. The lowest BCUT2D eigenvalue weighted by atomic mass is 10.1. The third-order valence-electron chi connectivity index (χ3n) is 5.03. The van der Waals surface area contributed by atoms with Gasteiger partial charge in [0.1, 0.15) is 11.6 Å². The number of halogens is 2. The molecular weight excluding hydrogens is 460 g/mol. The Hall–Kier alpha value is -4.93. The normalized spacial score (nSPS) is 11.0. The van der Waals surface area contributed by atoms with E-state index in [4.69, 9.17) is 0 Å². The van der Waals surface area contributed by atoms with Crippen LogP contribution in [0.25, 0.3) is 16.8 Å². The molecule has 0 aliphatic rings. The molecule has 35 heavy (non-hydrogen) atoms. The average Bonchev–Trinajstić information content (AvgIpc) is 2.83. The number of hydrogen-bond donors (Lipinski definition) is 3. The predicted molar refractivity (Wildman–Crippen MR) is 127 cm³/mol. The Bertz CT molecular complexity index is 1520. The fourth-order valence-corrected chi connectivity index (χ4v) is 3.35. The fraction of sp³-hybridized carbons (Fsp3) is 0.0417. The lowest BCUT2D eigenvalue weighted by Gasteiger charge is -2.10. The second-order valence-electron chi connectivity index (χ2n) is 7.42. The van der Waals surface area contributed by atoms with Gasteiger partial charge in [0.15, 0.2) is 0 Å². The number of nitrogens with one attached hydrogen (secondary N) is 3. The van der Waals surface area contributed by atoms with Crippen LogP contribution in [-0.2, 0) is 6.42 Å². The number of benzene rings is 3. The molecule has 0 radical (unpaired) electrons. The highest BCUT2D eigenvalue weighted by molar-refractivity contribution is 6.01. The number of nitro benzene ring substituents is 1. The first-order chi connectivity index (χ1) is 16.8. The van der Waals surface area contributed by atoms with Crippen LogP contribution in [0.4, 0.5) is 30.6 Å². The smallest absolute Gasteiger partial charge is 0.308 e. The van der Waals surface area contributed by atoms with Crippen molar-refractivity contribution in [3.05, 3.63) is 110 Å². The number of carbonyl (C=O) groups excluding carboxylic acids is 1. The first kappa shape index (κ1) is 23.2. The molecule has 1 heterocycles. The number of H-pyrrole nitrogens is 1. The highest BCUT2D eigenvalue weighted by Gasteiger charge is 2.11. The van der Waals surface area contributed by atoms with Gasteiger partial charge in [0, 0.05) is 35.7 Å². The third kappa shape index (κ3) is 5.53. The molecule has 3 aromatic carbocycles. The second-order valence-corrected chi connectivity index (χ2v) is 7.42. The Morgan fingerprint density at radius 3 is 2.51 bits per heavy atom. The Balaban J connectivity index is 1.49. The molecule has 0 fully saturated rings. The number of nitrogens with zero attached hydrogens (tertiary/aromatic N) is 2. The summed E-state index contributed by atoms with van der Waals surface area (Å²) in [6, 6.07) is 12.7. The maximum Gasteiger partial charge on any atom is 0.323 e. The molecule has 0 saturated carbocycles. The second kappa shape index (κ2) is 9.91. The van der Waals surface area contributed by atoms with E-state index in [2.05, 4.69) is 20.8 Å². The summed E-state index contributed by atoms with van der Waals surface area (Å²) >= 11 is 0. The van der Waals surface area contributed by atoms with E-state index >= 15 is 0 Å². The maximum atomic E-state index is 13.7. The molecule has 4 rings (SSSR count). The molecule has 9 nitrogen and oxygen atoms in total. The van der Waals surface area contributed by atoms with Crippen LogP contribution in [0.3, 0.4) is 0 Å². The van der Waals surface area contributed by atoms with Crippen LogP contribution >= 0.6 is 0 Å². The molecule has 3 N–H and O–H groups in total. The molecule has 0 bridgehead atoms. The number of non-ortho nitro benzene ring substituents is 1. The Morgan fingerprint density at radius 1 is 1.03 bits per heavy atom. The molecule has 11 heteroatoms. The van der Waals surface area contributed by atoms with E-state index in [1.165, 1.54) is 18.2 Å². The molecule has 0 aliphatic carbocycles. The number of aromatic amines is 1. The average molecular weight is 477 g/mol. The molecule has 0 atom stereocenters. The van der Waals surface area contributed by atoms with Crippen molar-refractivity contribution in [2.75, 3.05) is 10.6 Å². The summed E-state index contributed by atoms with van der Waals surface area (Å²) in [6.45, 7) is 0. The van der Waals surface area contributed by atoms with Crippen molar-refractivity contribution in [1.29, 1.82) is 0 Å². The molecule has 4 aromatic rings. The van der Waals surface area contributed by atoms with Crippen molar-refractivity contribution >= 4 is 39.9 Å². The van der Waals surface area contributed by atoms with E-state index < -0.39 is 28.1 Å². The van der Waals surface area contributed by atoms with Crippen LogP contribution in [0.2, 0.25) is 0 Å². The molecular formula is C24H17F2N5O4. The van der Waals surface area contributed by atoms with Crippen molar-refractivity contribution in [2.45, 2.75) is 6.42 Å². The van der Waals surface area contributed by atoms with Crippen LogP contribution in [0, 0.1) is 21.7 Å². The predicted octanol–water partition coefficient (Wildman–Crippen LogP) is 5.01. The Kier molecular flexibility index (Phi) is 6.58. The van der Waals surface area contributed by atoms with Crippen LogP contribution in [0.5, 0.6) is 0 Å². The number of amides is 2. The SMILES string of the molecule is O=C(Nc1ccc2c(CC=Cc3ccc([N+](=O)[O-])cc3)n[nH]c(=O)c2c1)Nc1ccc(F)cc1F. The first-order valence-electron chi connectivity index (χ1n) is 10.3. The highest BCUT2D eigenvalue weighted by Crippen LogP contribution is 2.21. The lowest BCUT2D eigenvalue weighted by molar-refractivity contribution is -0.384. The number of anilines is 2. The minimum absolute atomic E-state index is 0.00339. The van der Waals surface area contributed by atoms with E-state index in [1.54, 1.807) is 36.4 Å². The van der Waals surface area contributed by atoms with Crippen LogP contribution in [0.1, 0.15) is 11.3 Å². The summed E-state index contributed by atoms with van der Waals surface area (Å²) in [5, 5.41) is 22.9. The quantitative estimate of drug-likeness (QED) is 0.266. The molecule has 0 aliphatic heterocycles. The van der Waals surface area contributed by atoms with Crippen LogP contribution in [0.15, 0.2) is 71.5 Å². The highest BCUT2D eigenvalue weighted by atomic mass is 19.1. The van der Waals surface area contributed by atoms with E-state index in [0.29, 0.717) is 23.6 Å². The van der Waals surface area contributed by atoms with E-state index in [0.717, 1.165) is 17.7 Å². The zero-order valence-electron chi connectivity index (χ0n) is 17.9. The molecule has 0 spiro atoms.